The number of anilines is 1. The van der Waals surface area contributed by atoms with E-state index in [0.717, 1.165) is 29.5 Å². The van der Waals surface area contributed by atoms with Crippen molar-refractivity contribution in [2.75, 3.05) is 5.32 Å². The number of carbonyl (C=O) groups is 2. The van der Waals surface area contributed by atoms with Gasteiger partial charge < -0.3 is 16.0 Å². The smallest absolute Gasteiger partial charge is 0.255 e. The third kappa shape index (κ3) is 5.85. The maximum absolute atomic E-state index is 12.9. The molecule has 0 bridgehead atoms. The molecule has 0 unspecified atom stereocenters. The Kier molecular flexibility index (Phi) is 6.82. The highest BCUT2D eigenvalue weighted by molar-refractivity contribution is 6.04. The van der Waals surface area contributed by atoms with Gasteiger partial charge in [-0.2, -0.15) is 5.26 Å². The van der Waals surface area contributed by atoms with Gasteiger partial charge in [0.15, 0.2) is 0 Å². The van der Waals surface area contributed by atoms with Crippen LogP contribution < -0.4 is 11.1 Å². The van der Waals surface area contributed by atoms with Gasteiger partial charge >= 0.3 is 0 Å². The lowest BCUT2D eigenvalue weighted by Gasteiger charge is -2.23. The van der Waals surface area contributed by atoms with Crippen molar-refractivity contribution in [1.29, 1.82) is 5.26 Å². The molecule has 166 valence electrons. The van der Waals surface area contributed by atoms with Crippen LogP contribution in [0.25, 0.3) is 0 Å². The molecule has 0 heterocycles. The lowest BCUT2D eigenvalue weighted by atomic mass is 10.1. The van der Waals surface area contributed by atoms with Crippen LogP contribution >= 0.6 is 0 Å². The second kappa shape index (κ2) is 10.1. The maximum Gasteiger partial charge on any atom is 0.255 e. The van der Waals surface area contributed by atoms with Gasteiger partial charge in [-0.3, -0.25) is 9.59 Å². The molecule has 3 aromatic carbocycles. The van der Waals surface area contributed by atoms with Gasteiger partial charge in [0.2, 0.25) is 5.91 Å². The highest BCUT2D eigenvalue weighted by Gasteiger charge is 2.33. The second-order valence-electron chi connectivity index (χ2n) is 8.33. The van der Waals surface area contributed by atoms with Crippen LogP contribution in [0, 0.1) is 17.2 Å². The first-order valence-electron chi connectivity index (χ1n) is 11.0. The van der Waals surface area contributed by atoms with Gasteiger partial charge in [0, 0.05) is 36.8 Å². The van der Waals surface area contributed by atoms with Crippen molar-refractivity contribution in [3.63, 3.8) is 0 Å². The summed E-state index contributed by atoms with van der Waals surface area (Å²) in [6.07, 6.45) is 1.91. The van der Waals surface area contributed by atoms with Crippen LogP contribution in [0.15, 0.2) is 72.8 Å². The van der Waals surface area contributed by atoms with Crippen LogP contribution in [0.1, 0.15) is 45.5 Å². The van der Waals surface area contributed by atoms with Gasteiger partial charge in [-0.15, -0.1) is 0 Å². The zero-order valence-electron chi connectivity index (χ0n) is 18.3. The Morgan fingerprint density at radius 3 is 2.24 bits per heavy atom. The Bertz CT molecular complexity index is 1180. The number of benzene rings is 3. The molecule has 0 aromatic heterocycles. The number of amides is 2. The molecular weight excluding hydrogens is 412 g/mol. The molecule has 3 N–H and O–H groups in total. The van der Waals surface area contributed by atoms with E-state index < -0.39 is 0 Å². The highest BCUT2D eigenvalue weighted by atomic mass is 16.2. The Balaban J connectivity index is 1.42. The maximum atomic E-state index is 12.9. The molecule has 4 rings (SSSR count). The number of nitriles is 1. The van der Waals surface area contributed by atoms with Crippen molar-refractivity contribution < 1.29 is 9.59 Å². The topological polar surface area (TPSA) is 99.2 Å². The first kappa shape index (κ1) is 22.3. The summed E-state index contributed by atoms with van der Waals surface area (Å²) < 4.78 is 0. The van der Waals surface area contributed by atoms with E-state index in [4.69, 9.17) is 11.0 Å². The van der Waals surface area contributed by atoms with Gasteiger partial charge in [-0.05, 0) is 65.9 Å². The van der Waals surface area contributed by atoms with E-state index in [2.05, 4.69) is 11.4 Å². The molecular formula is C27H26N4O2. The van der Waals surface area contributed by atoms with Crippen molar-refractivity contribution in [3.05, 3.63) is 101 Å². The summed E-state index contributed by atoms with van der Waals surface area (Å²) in [7, 11) is 0. The van der Waals surface area contributed by atoms with Crippen LogP contribution in [0.4, 0.5) is 5.69 Å². The van der Waals surface area contributed by atoms with Crippen molar-refractivity contribution >= 4 is 17.5 Å². The largest absolute Gasteiger partial charge is 0.334 e. The average Bonchev–Trinajstić information content (AvgIpc) is 3.70. The number of nitrogens with zero attached hydrogens (tertiary/aromatic N) is 2. The van der Waals surface area contributed by atoms with E-state index in [-0.39, 0.29) is 17.7 Å². The quantitative estimate of drug-likeness (QED) is 0.550. The summed E-state index contributed by atoms with van der Waals surface area (Å²) in [5.41, 5.74) is 10.5. The summed E-state index contributed by atoms with van der Waals surface area (Å²) in [5.74, 6) is 0.0811. The minimum atomic E-state index is -0.238. The minimum Gasteiger partial charge on any atom is -0.334 e. The van der Waals surface area contributed by atoms with Crippen LogP contribution in [-0.2, 0) is 24.4 Å². The molecule has 6 nitrogen and oxygen atoms in total. The summed E-state index contributed by atoms with van der Waals surface area (Å²) in [5, 5.41) is 11.8. The van der Waals surface area contributed by atoms with Gasteiger partial charge in [0.05, 0.1) is 11.6 Å². The zero-order valence-corrected chi connectivity index (χ0v) is 18.3. The molecule has 1 aliphatic carbocycles. The van der Waals surface area contributed by atoms with E-state index in [0.29, 0.717) is 36.4 Å². The number of hydrogen-bond acceptors (Lipinski definition) is 4. The van der Waals surface area contributed by atoms with Crippen LogP contribution in [0.2, 0.25) is 0 Å². The normalized spacial score (nSPS) is 12.6. The Hall–Kier alpha value is -3.95. The predicted octanol–water partition coefficient (Wildman–Crippen LogP) is 4.21. The first-order valence-corrected chi connectivity index (χ1v) is 11.0. The van der Waals surface area contributed by atoms with Gasteiger partial charge in [-0.25, -0.2) is 0 Å². The summed E-state index contributed by atoms with van der Waals surface area (Å²) in [6.45, 7) is 1.52. The third-order valence-corrected chi connectivity index (χ3v) is 5.70. The van der Waals surface area contributed by atoms with Gasteiger partial charge in [0.1, 0.15) is 0 Å². The minimum absolute atomic E-state index is 0.133. The number of carbonyl (C=O) groups excluding carboxylic acids is 2. The van der Waals surface area contributed by atoms with Crippen molar-refractivity contribution in [3.8, 4) is 6.07 Å². The van der Waals surface area contributed by atoms with Crippen molar-refractivity contribution in [2.24, 2.45) is 11.7 Å². The zero-order chi connectivity index (χ0) is 23.2. The van der Waals surface area contributed by atoms with Gasteiger partial charge in [0.25, 0.3) is 5.91 Å². The SMILES string of the molecule is N#Cc1ccc(C(=O)Nc2ccc(CN(Cc3cccc(CN)c3)C(=O)C3CC3)cc2)cc1. The molecule has 33 heavy (non-hydrogen) atoms. The van der Waals surface area contributed by atoms with E-state index in [1.54, 1.807) is 24.3 Å². The molecule has 0 atom stereocenters. The van der Waals surface area contributed by atoms with Crippen LogP contribution in [-0.4, -0.2) is 16.7 Å². The lowest BCUT2D eigenvalue weighted by Crippen LogP contribution is -2.31. The fraction of sp³-hybridized carbons (Fsp3) is 0.222. The molecule has 1 fully saturated rings. The number of rotatable bonds is 8. The molecule has 1 aliphatic rings. The van der Waals surface area contributed by atoms with Crippen LogP contribution in [0.3, 0.4) is 0 Å². The molecule has 0 spiro atoms. The van der Waals surface area contributed by atoms with E-state index >= 15 is 0 Å². The predicted molar refractivity (Wildman–Crippen MR) is 127 cm³/mol. The molecule has 0 saturated heterocycles. The second-order valence-corrected chi connectivity index (χ2v) is 8.33. The van der Waals surface area contributed by atoms with Crippen molar-refractivity contribution in [2.45, 2.75) is 32.5 Å². The molecule has 0 aliphatic heterocycles. The fourth-order valence-corrected chi connectivity index (χ4v) is 3.69. The Morgan fingerprint density at radius 2 is 1.61 bits per heavy atom. The van der Waals surface area contributed by atoms with E-state index in [1.165, 1.54) is 0 Å². The van der Waals surface area contributed by atoms with Crippen molar-refractivity contribution in [1.82, 2.24) is 4.90 Å². The molecule has 2 amide bonds. The first-order chi connectivity index (χ1) is 16.1. The molecule has 0 radical (unpaired) electrons. The van der Waals surface area contributed by atoms with Gasteiger partial charge in [-0.1, -0.05) is 36.4 Å². The third-order valence-electron chi connectivity index (χ3n) is 5.70. The number of nitrogens with one attached hydrogen (secondary N) is 1. The number of nitrogens with two attached hydrogens (primary N) is 1. The monoisotopic (exact) mass is 438 g/mol. The summed E-state index contributed by atoms with van der Waals surface area (Å²) >= 11 is 0. The average molecular weight is 439 g/mol. The van der Waals surface area contributed by atoms with E-state index in [1.807, 2.05) is 53.4 Å². The lowest BCUT2D eigenvalue weighted by molar-refractivity contribution is -0.133. The Morgan fingerprint density at radius 1 is 0.939 bits per heavy atom. The van der Waals surface area contributed by atoms with E-state index in [9.17, 15) is 9.59 Å². The summed E-state index contributed by atoms with van der Waals surface area (Å²) in [4.78, 5) is 27.3. The Labute approximate surface area is 193 Å². The number of hydrogen-bond donors (Lipinski definition) is 2. The highest BCUT2D eigenvalue weighted by Crippen LogP contribution is 2.32. The van der Waals surface area contributed by atoms with Crippen LogP contribution in [0.5, 0.6) is 0 Å². The summed E-state index contributed by atoms with van der Waals surface area (Å²) in [6, 6.07) is 24.1. The molecule has 1 saturated carbocycles. The standard InChI is InChI=1S/C27H26N4O2/c28-15-19-4-8-23(9-5-19)26(32)30-25-12-6-20(7-13-25)17-31(27(33)24-10-11-24)18-22-3-1-2-21(14-22)16-29/h1-9,12-14,24H,10-11,16-18,29H2,(H,30,32). The molecule has 6 heteroatoms. The molecule has 3 aromatic rings. The fourth-order valence-electron chi connectivity index (χ4n) is 3.69.